The summed E-state index contributed by atoms with van der Waals surface area (Å²) in [6.07, 6.45) is 12.2. The van der Waals surface area contributed by atoms with E-state index in [2.05, 4.69) is 55.6 Å². The zero-order chi connectivity index (χ0) is 27.3. The van der Waals surface area contributed by atoms with E-state index >= 15 is 0 Å². The molecular formula is C35H51N2O2+. The van der Waals surface area contributed by atoms with Crippen LogP contribution in [-0.2, 0) is 16.6 Å². The molecule has 1 heterocycles. The Hall–Kier alpha value is -2.33. The van der Waals surface area contributed by atoms with Gasteiger partial charge in [-0.3, -0.25) is 4.79 Å². The van der Waals surface area contributed by atoms with E-state index in [0.29, 0.717) is 24.0 Å². The molecule has 0 aromatic heterocycles. The fraction of sp³-hybridized carbons (Fsp3) is 0.629. The lowest BCUT2D eigenvalue weighted by atomic mass is 9.57. The summed E-state index contributed by atoms with van der Waals surface area (Å²) in [7, 11) is 0. The molecule has 2 N–H and O–H groups in total. The van der Waals surface area contributed by atoms with Crippen LogP contribution in [0.25, 0.3) is 0 Å². The Morgan fingerprint density at radius 1 is 1.03 bits per heavy atom. The van der Waals surface area contributed by atoms with E-state index in [9.17, 15) is 9.90 Å². The third kappa shape index (κ3) is 7.25. The molecule has 2 aromatic carbocycles. The van der Waals surface area contributed by atoms with E-state index in [-0.39, 0.29) is 17.4 Å². The summed E-state index contributed by atoms with van der Waals surface area (Å²) in [6, 6.07) is 19.0. The molecule has 1 aliphatic heterocycles. The highest BCUT2D eigenvalue weighted by Crippen LogP contribution is 2.52. The van der Waals surface area contributed by atoms with Gasteiger partial charge in [-0.15, -0.1) is 0 Å². The number of likely N-dealkylation sites (tertiary alicyclic amines) is 1. The first-order chi connectivity index (χ1) is 18.9. The third-order valence-electron chi connectivity index (χ3n) is 9.99. The van der Waals surface area contributed by atoms with E-state index in [1.165, 1.54) is 61.1 Å². The van der Waals surface area contributed by atoms with Gasteiger partial charge in [-0.25, -0.2) is 0 Å². The summed E-state index contributed by atoms with van der Waals surface area (Å²) in [6.45, 7) is 9.90. The van der Waals surface area contributed by atoms with Crippen molar-refractivity contribution in [3.05, 3.63) is 65.7 Å². The number of hydrogen-bond acceptors (Lipinski definition) is 2. The zero-order valence-electron chi connectivity index (χ0n) is 24.4. The molecule has 4 atom stereocenters. The van der Waals surface area contributed by atoms with Gasteiger partial charge in [-0.05, 0) is 74.6 Å². The van der Waals surface area contributed by atoms with Crippen LogP contribution in [0, 0.1) is 17.8 Å². The fourth-order valence-electron chi connectivity index (χ4n) is 8.16. The minimum Gasteiger partial charge on any atom is -0.508 e. The van der Waals surface area contributed by atoms with Crippen molar-refractivity contribution in [2.24, 2.45) is 17.8 Å². The van der Waals surface area contributed by atoms with Crippen LogP contribution in [0.1, 0.15) is 89.2 Å². The Labute approximate surface area is 236 Å². The lowest BCUT2D eigenvalue weighted by Gasteiger charge is -2.57. The van der Waals surface area contributed by atoms with Crippen LogP contribution in [0.15, 0.2) is 54.6 Å². The average molecular weight is 532 g/mol. The smallest absolute Gasteiger partial charge is 0.220 e. The van der Waals surface area contributed by atoms with Gasteiger partial charge in [0.1, 0.15) is 5.75 Å². The standard InChI is InChI=1S/C35H50N2O2/c1-27(2)24-37(25-29-16-17-29)21-20-35(30-13-9-14-33(38)22-30)23-32(19-18-31(35)26-37)36-34(39)15-8-4-7-12-28-10-5-3-6-11-28/h3,5-6,9-11,13-14,22,27,29,31-32H,4,7-8,12,15-21,23-26H2,1-2H3,(H-,36,38,39)/p+1/t31?,32-,35+,37-/m0/s1. The maximum absolute atomic E-state index is 13.0. The Morgan fingerprint density at radius 3 is 2.59 bits per heavy atom. The number of nitrogens with zero attached hydrogens (tertiary/aromatic N) is 1. The maximum atomic E-state index is 13.0. The topological polar surface area (TPSA) is 49.3 Å². The third-order valence-corrected chi connectivity index (χ3v) is 9.99. The van der Waals surface area contributed by atoms with Crippen LogP contribution in [0.3, 0.4) is 0 Å². The Kier molecular flexibility index (Phi) is 9.01. The zero-order valence-corrected chi connectivity index (χ0v) is 24.4. The molecule has 212 valence electrons. The van der Waals surface area contributed by atoms with Crippen LogP contribution >= 0.6 is 0 Å². The molecule has 1 unspecified atom stereocenters. The van der Waals surface area contributed by atoms with Gasteiger partial charge in [0.25, 0.3) is 0 Å². The van der Waals surface area contributed by atoms with E-state index in [1.807, 2.05) is 12.1 Å². The van der Waals surface area contributed by atoms with Gasteiger partial charge in [0.2, 0.25) is 5.91 Å². The molecule has 2 aliphatic carbocycles. The van der Waals surface area contributed by atoms with Crippen molar-refractivity contribution in [3.8, 4) is 5.75 Å². The first kappa shape index (κ1) is 28.2. The summed E-state index contributed by atoms with van der Waals surface area (Å²) in [4.78, 5) is 13.0. The van der Waals surface area contributed by atoms with Gasteiger partial charge >= 0.3 is 0 Å². The molecule has 3 aliphatic rings. The molecule has 39 heavy (non-hydrogen) atoms. The number of hydrogen-bond donors (Lipinski definition) is 2. The number of carbonyl (C=O) groups is 1. The van der Waals surface area contributed by atoms with E-state index in [0.717, 1.165) is 50.9 Å². The normalized spacial score (nSPS) is 28.7. The molecule has 1 saturated heterocycles. The molecule has 3 fully saturated rings. The number of phenolic OH excluding ortho intramolecular Hbond substituents is 1. The molecule has 5 rings (SSSR count). The fourth-order valence-corrected chi connectivity index (χ4v) is 8.16. The number of carbonyl (C=O) groups excluding carboxylic acids is 1. The second-order valence-corrected chi connectivity index (χ2v) is 13.7. The highest BCUT2D eigenvalue weighted by Gasteiger charge is 2.54. The van der Waals surface area contributed by atoms with Gasteiger partial charge in [-0.1, -0.05) is 62.7 Å². The van der Waals surface area contributed by atoms with Crippen molar-refractivity contribution < 1.29 is 14.4 Å². The highest BCUT2D eigenvalue weighted by atomic mass is 16.3. The van der Waals surface area contributed by atoms with Crippen LogP contribution in [0.5, 0.6) is 5.75 Å². The lowest BCUT2D eigenvalue weighted by Crippen LogP contribution is -2.64. The summed E-state index contributed by atoms with van der Waals surface area (Å²) in [5.74, 6) is 2.84. The van der Waals surface area contributed by atoms with Gasteiger partial charge in [-0.2, -0.15) is 0 Å². The van der Waals surface area contributed by atoms with Crippen molar-refractivity contribution in [2.45, 2.75) is 95.9 Å². The number of aryl methyl sites for hydroxylation is 1. The number of piperidine rings is 1. The van der Waals surface area contributed by atoms with E-state index in [4.69, 9.17) is 0 Å². The number of rotatable bonds is 12. The summed E-state index contributed by atoms with van der Waals surface area (Å²) < 4.78 is 1.29. The number of quaternary nitrogens is 1. The van der Waals surface area contributed by atoms with Crippen LogP contribution < -0.4 is 5.32 Å². The number of benzene rings is 2. The van der Waals surface area contributed by atoms with Crippen molar-refractivity contribution in [3.63, 3.8) is 0 Å². The summed E-state index contributed by atoms with van der Waals surface area (Å²) >= 11 is 0. The minimum absolute atomic E-state index is 0.0485. The van der Waals surface area contributed by atoms with E-state index in [1.54, 1.807) is 6.07 Å². The molecule has 4 nitrogen and oxygen atoms in total. The quantitative estimate of drug-likeness (QED) is 0.229. The second kappa shape index (κ2) is 12.5. The van der Waals surface area contributed by atoms with Gasteiger partial charge in [0.05, 0.1) is 26.2 Å². The predicted octanol–water partition coefficient (Wildman–Crippen LogP) is 7.00. The van der Waals surface area contributed by atoms with Crippen molar-refractivity contribution in [1.82, 2.24) is 5.32 Å². The molecule has 2 saturated carbocycles. The van der Waals surface area contributed by atoms with Gasteiger partial charge in [0.15, 0.2) is 0 Å². The van der Waals surface area contributed by atoms with Crippen LogP contribution in [0.2, 0.25) is 0 Å². The molecule has 4 heteroatoms. The van der Waals surface area contributed by atoms with Gasteiger partial charge in [0, 0.05) is 42.1 Å². The molecule has 1 amide bonds. The van der Waals surface area contributed by atoms with Crippen LogP contribution in [0.4, 0.5) is 0 Å². The van der Waals surface area contributed by atoms with Crippen LogP contribution in [-0.4, -0.2) is 47.7 Å². The first-order valence-corrected chi connectivity index (χ1v) is 15.8. The molecule has 0 spiro atoms. The second-order valence-electron chi connectivity index (χ2n) is 13.7. The van der Waals surface area contributed by atoms with Gasteiger partial charge < -0.3 is 14.9 Å². The minimum atomic E-state index is 0.0485. The largest absolute Gasteiger partial charge is 0.508 e. The summed E-state index contributed by atoms with van der Waals surface area (Å²) in [5.41, 5.74) is 2.73. The number of amides is 1. The molecule has 2 aromatic rings. The number of nitrogens with one attached hydrogen (secondary N) is 1. The molecule has 0 bridgehead atoms. The summed E-state index contributed by atoms with van der Waals surface area (Å²) in [5, 5.41) is 13.9. The number of unbranched alkanes of at least 4 members (excludes halogenated alkanes) is 2. The van der Waals surface area contributed by atoms with E-state index < -0.39 is 0 Å². The first-order valence-electron chi connectivity index (χ1n) is 15.8. The number of phenols is 1. The van der Waals surface area contributed by atoms with Crippen molar-refractivity contribution >= 4 is 5.91 Å². The average Bonchev–Trinajstić information content (AvgIpc) is 3.72. The SMILES string of the molecule is CC(C)C[N@+]1(CC2CC2)CC[C@]2(c3cccc(O)c3)C[C@@H](NC(=O)CCCCCc3ccccc3)CCC2C1. The molecule has 0 radical (unpaired) electrons. The maximum Gasteiger partial charge on any atom is 0.220 e. The number of aromatic hydroxyl groups is 1. The lowest BCUT2D eigenvalue weighted by molar-refractivity contribution is -0.942. The highest BCUT2D eigenvalue weighted by molar-refractivity contribution is 5.76. The monoisotopic (exact) mass is 531 g/mol. The number of fused-ring (bicyclic) bond motifs is 1. The predicted molar refractivity (Wildman–Crippen MR) is 160 cm³/mol. The Balaban J connectivity index is 1.21. The Bertz CT molecular complexity index is 1080. The van der Waals surface area contributed by atoms with Crippen molar-refractivity contribution in [2.75, 3.05) is 26.2 Å². The van der Waals surface area contributed by atoms with Crippen molar-refractivity contribution in [1.29, 1.82) is 0 Å². The molecular weight excluding hydrogens is 480 g/mol. The Morgan fingerprint density at radius 2 is 1.85 bits per heavy atom.